The topological polar surface area (TPSA) is 55.6 Å². The molecule has 114 valence electrons. The van der Waals surface area contributed by atoms with Crippen LogP contribution in [0.4, 0.5) is 0 Å². The van der Waals surface area contributed by atoms with Crippen molar-refractivity contribution in [3.63, 3.8) is 0 Å². The van der Waals surface area contributed by atoms with E-state index in [1.807, 2.05) is 23.1 Å². The first-order valence-electron chi connectivity index (χ1n) is 7.73. The van der Waals surface area contributed by atoms with Crippen LogP contribution in [0, 0.1) is 5.41 Å². The predicted molar refractivity (Wildman–Crippen MR) is 81.7 cm³/mol. The summed E-state index contributed by atoms with van der Waals surface area (Å²) in [4.78, 5) is 14.5. The lowest BCUT2D eigenvalue weighted by atomic mass is 9.66. The minimum atomic E-state index is 0.162. The van der Waals surface area contributed by atoms with Crippen molar-refractivity contribution in [1.29, 1.82) is 0 Å². The molecule has 1 aliphatic carbocycles. The van der Waals surface area contributed by atoms with Gasteiger partial charge in [-0.3, -0.25) is 4.79 Å². The molecule has 2 N–H and O–H groups in total. The molecule has 21 heavy (non-hydrogen) atoms. The molecule has 2 aliphatic rings. The summed E-state index contributed by atoms with van der Waals surface area (Å²) in [5.74, 6) is 0.198. The Hall–Kier alpha value is -1.39. The standard InChI is InChI=1S/C17H24N2O2/c1-21-11-14-5-2-4-13(8-14)9-16(20)19-10-15(18)17(12-19)6-3-7-17/h2,4-5,8,15H,3,6-7,9-12,18H2,1H3. The van der Waals surface area contributed by atoms with Crippen molar-refractivity contribution in [3.8, 4) is 0 Å². The monoisotopic (exact) mass is 288 g/mol. The van der Waals surface area contributed by atoms with E-state index in [9.17, 15) is 4.79 Å². The second kappa shape index (κ2) is 5.78. The Morgan fingerprint density at radius 1 is 1.43 bits per heavy atom. The number of nitrogens with two attached hydrogens (primary N) is 1. The number of likely N-dealkylation sites (tertiary alicyclic amines) is 1. The van der Waals surface area contributed by atoms with Gasteiger partial charge in [-0.25, -0.2) is 0 Å². The largest absolute Gasteiger partial charge is 0.380 e. The molecule has 1 aromatic rings. The van der Waals surface area contributed by atoms with Gasteiger partial charge in [0.1, 0.15) is 0 Å². The van der Waals surface area contributed by atoms with E-state index < -0.39 is 0 Å². The van der Waals surface area contributed by atoms with Crippen molar-refractivity contribution in [3.05, 3.63) is 35.4 Å². The van der Waals surface area contributed by atoms with Gasteiger partial charge in [-0.15, -0.1) is 0 Å². The molecule has 2 fully saturated rings. The summed E-state index contributed by atoms with van der Waals surface area (Å²) >= 11 is 0. The Labute approximate surface area is 126 Å². The maximum atomic E-state index is 12.5. The summed E-state index contributed by atoms with van der Waals surface area (Å²) in [6.07, 6.45) is 4.08. The van der Waals surface area contributed by atoms with Crippen LogP contribution in [0.15, 0.2) is 24.3 Å². The Bertz CT molecular complexity index is 525. The van der Waals surface area contributed by atoms with Crippen LogP contribution in [0.5, 0.6) is 0 Å². The number of nitrogens with zero attached hydrogens (tertiary/aromatic N) is 1. The maximum Gasteiger partial charge on any atom is 0.227 e. The number of hydrogen-bond acceptors (Lipinski definition) is 3. The highest BCUT2D eigenvalue weighted by atomic mass is 16.5. The molecule has 1 aliphatic heterocycles. The molecular weight excluding hydrogens is 264 g/mol. The molecule has 1 heterocycles. The summed E-state index contributed by atoms with van der Waals surface area (Å²) in [5.41, 5.74) is 8.64. The Morgan fingerprint density at radius 2 is 2.19 bits per heavy atom. The number of carbonyl (C=O) groups excluding carboxylic acids is 1. The third kappa shape index (κ3) is 2.83. The average Bonchev–Trinajstić information content (AvgIpc) is 2.77. The van der Waals surface area contributed by atoms with Crippen LogP contribution in [0.3, 0.4) is 0 Å². The minimum Gasteiger partial charge on any atom is -0.380 e. The molecule has 1 saturated heterocycles. The normalized spacial score (nSPS) is 23.3. The van der Waals surface area contributed by atoms with E-state index in [-0.39, 0.29) is 17.4 Å². The SMILES string of the molecule is COCc1cccc(CC(=O)N2CC(N)C3(CCC3)C2)c1. The van der Waals surface area contributed by atoms with Crippen LogP contribution in [-0.4, -0.2) is 37.0 Å². The Morgan fingerprint density at radius 3 is 2.81 bits per heavy atom. The third-order valence-electron chi connectivity index (χ3n) is 5.07. The van der Waals surface area contributed by atoms with Crippen LogP contribution in [-0.2, 0) is 22.6 Å². The van der Waals surface area contributed by atoms with Crippen molar-refractivity contribution in [2.75, 3.05) is 20.2 Å². The van der Waals surface area contributed by atoms with Crippen molar-refractivity contribution in [1.82, 2.24) is 4.90 Å². The molecule has 0 aromatic heterocycles. The molecule has 1 amide bonds. The number of methoxy groups -OCH3 is 1. The number of carbonyl (C=O) groups is 1. The first kappa shape index (κ1) is 14.5. The third-order valence-corrected chi connectivity index (χ3v) is 5.07. The molecule has 1 spiro atoms. The molecule has 1 saturated carbocycles. The smallest absolute Gasteiger partial charge is 0.227 e. The van der Waals surface area contributed by atoms with E-state index in [4.69, 9.17) is 10.5 Å². The first-order chi connectivity index (χ1) is 10.1. The van der Waals surface area contributed by atoms with Gasteiger partial charge in [0.05, 0.1) is 13.0 Å². The zero-order valence-corrected chi connectivity index (χ0v) is 12.7. The molecule has 1 unspecified atom stereocenters. The van der Waals surface area contributed by atoms with Gasteiger partial charge >= 0.3 is 0 Å². The van der Waals surface area contributed by atoms with Crippen molar-refractivity contribution < 1.29 is 9.53 Å². The number of hydrogen-bond donors (Lipinski definition) is 1. The van der Waals surface area contributed by atoms with Crippen LogP contribution in [0.1, 0.15) is 30.4 Å². The lowest BCUT2D eigenvalue weighted by molar-refractivity contribution is -0.130. The van der Waals surface area contributed by atoms with Gasteiger partial charge in [0.25, 0.3) is 0 Å². The van der Waals surface area contributed by atoms with E-state index >= 15 is 0 Å². The lowest BCUT2D eigenvalue weighted by Crippen LogP contribution is -2.45. The van der Waals surface area contributed by atoms with E-state index in [0.29, 0.717) is 13.0 Å². The van der Waals surface area contributed by atoms with Crippen molar-refractivity contribution in [2.45, 2.75) is 38.3 Å². The summed E-state index contributed by atoms with van der Waals surface area (Å²) in [6, 6.07) is 8.23. The minimum absolute atomic E-state index is 0.162. The highest BCUT2D eigenvalue weighted by molar-refractivity contribution is 5.79. The van der Waals surface area contributed by atoms with Crippen molar-refractivity contribution >= 4 is 5.91 Å². The second-order valence-electron chi connectivity index (χ2n) is 6.53. The zero-order chi connectivity index (χ0) is 14.9. The van der Waals surface area contributed by atoms with E-state index in [1.165, 1.54) is 19.3 Å². The quantitative estimate of drug-likeness (QED) is 0.917. The zero-order valence-electron chi connectivity index (χ0n) is 12.7. The summed E-state index contributed by atoms with van der Waals surface area (Å²) in [6.45, 7) is 2.15. The number of rotatable bonds is 4. The highest BCUT2D eigenvalue weighted by Crippen LogP contribution is 2.47. The second-order valence-corrected chi connectivity index (χ2v) is 6.53. The Balaban J connectivity index is 1.63. The molecule has 0 bridgehead atoms. The van der Waals surface area contributed by atoms with Gasteiger partial charge in [0.2, 0.25) is 5.91 Å². The molecule has 0 radical (unpaired) electrons. The van der Waals surface area contributed by atoms with E-state index in [2.05, 4.69) is 6.07 Å². The summed E-state index contributed by atoms with van der Waals surface area (Å²) in [5, 5.41) is 0. The molecule has 4 heteroatoms. The van der Waals surface area contributed by atoms with Crippen LogP contribution in [0.25, 0.3) is 0 Å². The fourth-order valence-corrected chi connectivity index (χ4v) is 3.63. The molecule has 4 nitrogen and oxygen atoms in total. The Kier molecular flexibility index (Phi) is 4.00. The number of benzene rings is 1. The van der Waals surface area contributed by atoms with Gasteiger partial charge < -0.3 is 15.4 Å². The summed E-state index contributed by atoms with van der Waals surface area (Å²) in [7, 11) is 1.68. The fraction of sp³-hybridized carbons (Fsp3) is 0.588. The lowest BCUT2D eigenvalue weighted by Gasteiger charge is -2.41. The van der Waals surface area contributed by atoms with Gasteiger partial charge in [0.15, 0.2) is 0 Å². The van der Waals surface area contributed by atoms with E-state index in [0.717, 1.165) is 24.2 Å². The van der Waals surface area contributed by atoms with Gasteiger partial charge in [-0.2, -0.15) is 0 Å². The molecular formula is C17H24N2O2. The number of amides is 1. The average molecular weight is 288 g/mol. The molecule has 1 atom stereocenters. The predicted octanol–water partition coefficient (Wildman–Crippen LogP) is 1.72. The first-order valence-corrected chi connectivity index (χ1v) is 7.73. The number of ether oxygens (including phenoxy) is 1. The van der Waals surface area contributed by atoms with E-state index in [1.54, 1.807) is 7.11 Å². The van der Waals surface area contributed by atoms with Gasteiger partial charge in [-0.1, -0.05) is 30.7 Å². The van der Waals surface area contributed by atoms with Gasteiger partial charge in [0, 0.05) is 31.7 Å². The maximum absolute atomic E-state index is 12.5. The highest BCUT2D eigenvalue weighted by Gasteiger charge is 2.49. The van der Waals surface area contributed by atoms with Gasteiger partial charge in [-0.05, 0) is 24.0 Å². The molecule has 3 rings (SSSR count). The van der Waals surface area contributed by atoms with Crippen molar-refractivity contribution in [2.24, 2.45) is 11.1 Å². The summed E-state index contributed by atoms with van der Waals surface area (Å²) < 4.78 is 5.14. The van der Waals surface area contributed by atoms with Crippen LogP contribution < -0.4 is 5.73 Å². The van der Waals surface area contributed by atoms with Crippen LogP contribution >= 0.6 is 0 Å². The van der Waals surface area contributed by atoms with Crippen LogP contribution in [0.2, 0.25) is 0 Å². The molecule has 1 aromatic carbocycles. The fourth-order valence-electron chi connectivity index (χ4n) is 3.63.